The summed E-state index contributed by atoms with van der Waals surface area (Å²) < 4.78 is 0. The van der Waals surface area contributed by atoms with Crippen molar-refractivity contribution in [3.63, 3.8) is 0 Å². The van der Waals surface area contributed by atoms with Crippen molar-refractivity contribution >= 4 is 11.8 Å². The second-order valence-corrected chi connectivity index (χ2v) is 7.96. The van der Waals surface area contributed by atoms with E-state index in [1.54, 1.807) is 4.90 Å². The van der Waals surface area contributed by atoms with Crippen molar-refractivity contribution < 1.29 is 9.59 Å². The number of carbonyl (C=O) groups excluding carboxylic acids is 2. The van der Waals surface area contributed by atoms with Gasteiger partial charge in [0.15, 0.2) is 0 Å². The van der Waals surface area contributed by atoms with Crippen LogP contribution in [-0.4, -0.2) is 29.8 Å². The van der Waals surface area contributed by atoms with Gasteiger partial charge in [0.25, 0.3) is 0 Å². The van der Waals surface area contributed by atoms with Crippen LogP contribution >= 0.6 is 0 Å². The van der Waals surface area contributed by atoms with Crippen LogP contribution in [-0.2, 0) is 4.79 Å². The third-order valence-electron chi connectivity index (χ3n) is 5.68. The van der Waals surface area contributed by atoms with Gasteiger partial charge in [-0.05, 0) is 36.5 Å². The molecule has 0 saturated carbocycles. The molecule has 1 rings (SSSR count). The number of nitrogens with zero attached hydrogens (tertiary/aromatic N) is 1. The Morgan fingerprint density at radius 1 is 1.08 bits per heavy atom. The second kappa shape index (κ2) is 10.7. The summed E-state index contributed by atoms with van der Waals surface area (Å²) in [7, 11) is 0. The van der Waals surface area contributed by atoms with Crippen molar-refractivity contribution in [2.24, 2.45) is 29.4 Å². The number of rotatable bonds is 10. The Labute approximate surface area is 148 Å². The van der Waals surface area contributed by atoms with E-state index in [0.29, 0.717) is 49.0 Å². The van der Waals surface area contributed by atoms with Gasteiger partial charge in [0, 0.05) is 25.9 Å². The van der Waals surface area contributed by atoms with Gasteiger partial charge in [0.2, 0.25) is 0 Å². The molecule has 140 valence electrons. The molecular formula is C20H38N2O2. The number of likely N-dealkylation sites (tertiary alicyclic amines) is 1. The number of amides is 2. The van der Waals surface area contributed by atoms with Crippen LogP contribution in [0.2, 0.25) is 0 Å². The highest BCUT2D eigenvalue weighted by Gasteiger charge is 2.28. The molecule has 0 aromatic carbocycles. The van der Waals surface area contributed by atoms with Crippen LogP contribution in [0.1, 0.15) is 79.1 Å². The predicted octanol–water partition coefficient (Wildman–Crippen LogP) is 4.62. The molecule has 4 nitrogen and oxygen atoms in total. The molecule has 2 N–H and O–H groups in total. The first-order valence-corrected chi connectivity index (χ1v) is 9.95. The molecule has 0 radical (unpaired) electrons. The number of ketones is 1. The van der Waals surface area contributed by atoms with Crippen LogP contribution in [0.3, 0.4) is 0 Å². The van der Waals surface area contributed by atoms with Crippen LogP contribution in [0, 0.1) is 23.7 Å². The van der Waals surface area contributed by atoms with Gasteiger partial charge >= 0.3 is 6.03 Å². The maximum absolute atomic E-state index is 12.6. The lowest BCUT2D eigenvalue weighted by molar-refractivity contribution is -0.121. The average Bonchev–Trinajstić information content (AvgIpc) is 2.52. The van der Waals surface area contributed by atoms with Crippen LogP contribution in [0.5, 0.6) is 0 Å². The highest BCUT2D eigenvalue weighted by atomic mass is 16.2. The quantitative estimate of drug-likeness (QED) is 0.632. The molecule has 1 fully saturated rings. The van der Waals surface area contributed by atoms with Crippen LogP contribution in [0.4, 0.5) is 4.79 Å². The van der Waals surface area contributed by atoms with Crippen molar-refractivity contribution in [3.05, 3.63) is 0 Å². The first kappa shape index (κ1) is 21.0. The van der Waals surface area contributed by atoms with Crippen molar-refractivity contribution in [1.82, 2.24) is 4.90 Å². The van der Waals surface area contributed by atoms with Gasteiger partial charge in [-0.15, -0.1) is 0 Å². The number of primary amides is 1. The van der Waals surface area contributed by atoms with E-state index in [2.05, 4.69) is 27.7 Å². The number of piperidine rings is 1. The van der Waals surface area contributed by atoms with Crippen molar-refractivity contribution in [1.29, 1.82) is 0 Å². The largest absolute Gasteiger partial charge is 0.351 e. The maximum atomic E-state index is 12.6. The van der Waals surface area contributed by atoms with Crippen molar-refractivity contribution in [3.8, 4) is 0 Å². The number of urea groups is 1. The van der Waals surface area contributed by atoms with E-state index in [1.807, 2.05) is 0 Å². The molecule has 2 atom stereocenters. The molecule has 4 heteroatoms. The second-order valence-electron chi connectivity index (χ2n) is 7.96. The molecule has 0 aromatic rings. The third-order valence-corrected chi connectivity index (χ3v) is 5.68. The van der Waals surface area contributed by atoms with Gasteiger partial charge in [-0.25, -0.2) is 4.79 Å². The first-order valence-electron chi connectivity index (χ1n) is 9.95. The predicted molar refractivity (Wildman–Crippen MR) is 99.8 cm³/mol. The van der Waals surface area contributed by atoms with Gasteiger partial charge in [-0.1, -0.05) is 53.4 Å². The molecule has 1 aliphatic heterocycles. The Balaban J connectivity index is 2.52. The van der Waals surface area contributed by atoms with Gasteiger partial charge < -0.3 is 10.6 Å². The summed E-state index contributed by atoms with van der Waals surface area (Å²) in [6.45, 7) is 10.5. The number of hydrogen-bond donors (Lipinski definition) is 1. The lowest BCUT2D eigenvalue weighted by Gasteiger charge is -2.32. The van der Waals surface area contributed by atoms with Crippen LogP contribution in [0.25, 0.3) is 0 Å². The topological polar surface area (TPSA) is 63.4 Å². The Hall–Kier alpha value is -1.06. The Morgan fingerprint density at radius 2 is 1.67 bits per heavy atom. The zero-order chi connectivity index (χ0) is 18.1. The smallest absolute Gasteiger partial charge is 0.314 e. The van der Waals surface area contributed by atoms with E-state index in [-0.39, 0.29) is 6.03 Å². The fourth-order valence-electron chi connectivity index (χ4n) is 4.34. The fourth-order valence-corrected chi connectivity index (χ4v) is 4.34. The van der Waals surface area contributed by atoms with E-state index >= 15 is 0 Å². The van der Waals surface area contributed by atoms with Gasteiger partial charge in [0.05, 0.1) is 0 Å². The zero-order valence-corrected chi connectivity index (χ0v) is 16.2. The first-order chi connectivity index (χ1) is 11.4. The molecule has 1 saturated heterocycles. The van der Waals surface area contributed by atoms with Crippen LogP contribution < -0.4 is 5.73 Å². The van der Waals surface area contributed by atoms with E-state index in [0.717, 1.165) is 32.1 Å². The molecule has 0 bridgehead atoms. The summed E-state index contributed by atoms with van der Waals surface area (Å²) >= 11 is 0. The molecule has 2 amide bonds. The van der Waals surface area contributed by atoms with Crippen molar-refractivity contribution in [2.45, 2.75) is 79.1 Å². The lowest BCUT2D eigenvalue weighted by atomic mass is 9.75. The maximum Gasteiger partial charge on any atom is 0.314 e. The minimum Gasteiger partial charge on any atom is -0.351 e. The number of nitrogens with two attached hydrogens (primary N) is 1. The van der Waals surface area contributed by atoms with Gasteiger partial charge in [-0.3, -0.25) is 4.79 Å². The van der Waals surface area contributed by atoms with E-state index in [9.17, 15) is 9.59 Å². The van der Waals surface area contributed by atoms with E-state index in [4.69, 9.17) is 5.73 Å². The Kier molecular flexibility index (Phi) is 9.38. The minimum absolute atomic E-state index is 0.331. The molecular weight excluding hydrogens is 300 g/mol. The monoisotopic (exact) mass is 338 g/mol. The SMILES string of the molecule is CCCC(CC(=O)CC1CCN(C(N)=O)CC1)C(CCC)C(C)C. The minimum atomic E-state index is -0.331. The summed E-state index contributed by atoms with van der Waals surface area (Å²) in [5.41, 5.74) is 5.32. The molecule has 2 unspecified atom stereocenters. The highest BCUT2D eigenvalue weighted by Crippen LogP contribution is 2.33. The average molecular weight is 339 g/mol. The lowest BCUT2D eigenvalue weighted by Crippen LogP contribution is -2.42. The van der Waals surface area contributed by atoms with E-state index in [1.165, 1.54) is 12.8 Å². The number of carbonyl (C=O) groups is 2. The summed E-state index contributed by atoms with van der Waals surface area (Å²) in [4.78, 5) is 25.5. The van der Waals surface area contributed by atoms with Crippen LogP contribution in [0.15, 0.2) is 0 Å². The summed E-state index contributed by atoms with van der Waals surface area (Å²) in [5, 5.41) is 0. The number of Topliss-reactive ketones (excluding diaryl/α,β-unsaturated/α-hetero) is 1. The van der Waals surface area contributed by atoms with Gasteiger partial charge in [0.1, 0.15) is 5.78 Å². The number of hydrogen-bond acceptors (Lipinski definition) is 2. The van der Waals surface area contributed by atoms with Gasteiger partial charge in [-0.2, -0.15) is 0 Å². The standard InChI is InChI=1S/C20H38N2O2/c1-5-7-17(19(8-6-2)15(3)4)14-18(23)13-16-9-11-22(12-10-16)20(21)24/h15-17,19H,5-14H2,1-4H3,(H2,21,24). The molecule has 0 aromatic heterocycles. The summed E-state index contributed by atoms with van der Waals surface area (Å²) in [5.74, 6) is 2.70. The molecule has 0 spiro atoms. The fraction of sp³-hybridized carbons (Fsp3) is 0.900. The molecule has 0 aliphatic carbocycles. The molecule has 1 heterocycles. The molecule has 24 heavy (non-hydrogen) atoms. The summed E-state index contributed by atoms with van der Waals surface area (Å²) in [6.07, 6.45) is 7.99. The zero-order valence-electron chi connectivity index (χ0n) is 16.2. The third kappa shape index (κ3) is 6.82. The summed E-state index contributed by atoms with van der Waals surface area (Å²) in [6, 6.07) is -0.331. The molecule has 1 aliphatic rings. The van der Waals surface area contributed by atoms with E-state index < -0.39 is 0 Å². The van der Waals surface area contributed by atoms with Crippen molar-refractivity contribution in [2.75, 3.05) is 13.1 Å². The Morgan fingerprint density at radius 3 is 2.12 bits per heavy atom. The highest BCUT2D eigenvalue weighted by molar-refractivity contribution is 5.79. The Bertz CT molecular complexity index is 387. The normalized spacial score (nSPS) is 18.6.